The molecule has 0 bridgehead atoms. The van der Waals surface area contributed by atoms with Crippen molar-refractivity contribution < 1.29 is 4.79 Å². The fourth-order valence-corrected chi connectivity index (χ4v) is 1.24. The standard InChI is InChI=1S/C8H11N7O/c1-2-4-3-10-13-5(4)11-7(16)6-12-8(9)15-14-6/h3H,2H2,1H3,(H3,9,12,14,15)(H2,10,11,13,16). The monoisotopic (exact) mass is 221 g/mol. The molecule has 0 radical (unpaired) electrons. The van der Waals surface area contributed by atoms with Gasteiger partial charge in [-0.1, -0.05) is 6.92 Å². The van der Waals surface area contributed by atoms with E-state index in [9.17, 15) is 4.79 Å². The van der Waals surface area contributed by atoms with Crippen LogP contribution in [-0.4, -0.2) is 31.3 Å². The van der Waals surface area contributed by atoms with Crippen LogP contribution in [0, 0.1) is 0 Å². The molecule has 0 aliphatic rings. The smallest absolute Gasteiger partial charge is 0.294 e. The number of carbonyl (C=O) groups is 1. The number of aryl methyl sites for hydroxylation is 1. The van der Waals surface area contributed by atoms with Crippen LogP contribution in [0.1, 0.15) is 23.1 Å². The topological polar surface area (TPSA) is 125 Å². The lowest BCUT2D eigenvalue weighted by molar-refractivity contribution is 0.101. The third kappa shape index (κ3) is 1.85. The molecule has 0 saturated heterocycles. The van der Waals surface area contributed by atoms with Crippen molar-refractivity contribution in [2.24, 2.45) is 0 Å². The number of anilines is 2. The molecule has 1 amide bonds. The fraction of sp³-hybridized carbons (Fsp3) is 0.250. The van der Waals surface area contributed by atoms with Gasteiger partial charge in [-0.3, -0.25) is 15.0 Å². The Hall–Kier alpha value is -2.38. The molecule has 0 saturated carbocycles. The molecule has 8 nitrogen and oxygen atoms in total. The number of aromatic amines is 2. The average Bonchev–Trinajstić information content (AvgIpc) is 2.86. The molecule has 2 heterocycles. The van der Waals surface area contributed by atoms with Crippen molar-refractivity contribution in [3.05, 3.63) is 17.6 Å². The van der Waals surface area contributed by atoms with Gasteiger partial charge in [0.2, 0.25) is 11.8 Å². The first-order chi connectivity index (χ1) is 7.70. The lowest BCUT2D eigenvalue weighted by Crippen LogP contribution is -2.15. The van der Waals surface area contributed by atoms with Gasteiger partial charge >= 0.3 is 0 Å². The van der Waals surface area contributed by atoms with Crippen molar-refractivity contribution in [1.82, 2.24) is 25.4 Å². The van der Waals surface area contributed by atoms with E-state index in [1.165, 1.54) is 0 Å². The molecule has 2 rings (SSSR count). The Morgan fingerprint density at radius 3 is 3.00 bits per heavy atom. The Kier molecular flexibility index (Phi) is 2.54. The van der Waals surface area contributed by atoms with Crippen LogP contribution in [0.25, 0.3) is 0 Å². The van der Waals surface area contributed by atoms with Crippen molar-refractivity contribution in [2.75, 3.05) is 11.1 Å². The van der Waals surface area contributed by atoms with Crippen LogP contribution < -0.4 is 11.1 Å². The highest BCUT2D eigenvalue weighted by molar-refractivity contribution is 6.01. The highest BCUT2D eigenvalue weighted by Crippen LogP contribution is 2.11. The summed E-state index contributed by atoms with van der Waals surface area (Å²) >= 11 is 0. The number of nitrogen functional groups attached to an aromatic ring is 1. The molecule has 0 aromatic carbocycles. The number of hydrogen-bond donors (Lipinski definition) is 4. The van der Waals surface area contributed by atoms with Crippen molar-refractivity contribution >= 4 is 17.7 Å². The van der Waals surface area contributed by atoms with Gasteiger partial charge in [0.15, 0.2) is 0 Å². The summed E-state index contributed by atoms with van der Waals surface area (Å²) in [6.07, 6.45) is 2.43. The van der Waals surface area contributed by atoms with Gasteiger partial charge in [-0.25, -0.2) is 0 Å². The van der Waals surface area contributed by atoms with E-state index in [-0.39, 0.29) is 11.8 Å². The second-order valence-corrected chi connectivity index (χ2v) is 3.12. The second-order valence-electron chi connectivity index (χ2n) is 3.12. The summed E-state index contributed by atoms with van der Waals surface area (Å²) < 4.78 is 0. The molecule has 5 N–H and O–H groups in total. The van der Waals surface area contributed by atoms with E-state index < -0.39 is 5.91 Å². The van der Waals surface area contributed by atoms with Crippen LogP contribution >= 0.6 is 0 Å². The SMILES string of the molecule is CCc1cn[nH]c1NC(=O)c1nc(N)n[nH]1. The molecule has 0 aliphatic carbocycles. The van der Waals surface area contributed by atoms with Gasteiger partial charge in [0.1, 0.15) is 5.82 Å². The maximum atomic E-state index is 11.6. The first kappa shape index (κ1) is 10.1. The van der Waals surface area contributed by atoms with Gasteiger partial charge in [0.25, 0.3) is 5.91 Å². The van der Waals surface area contributed by atoms with E-state index in [4.69, 9.17) is 5.73 Å². The maximum Gasteiger partial charge on any atom is 0.294 e. The summed E-state index contributed by atoms with van der Waals surface area (Å²) in [6.45, 7) is 1.97. The number of rotatable bonds is 3. The Labute approximate surface area is 90.6 Å². The van der Waals surface area contributed by atoms with E-state index in [1.54, 1.807) is 6.20 Å². The molecular weight excluding hydrogens is 210 g/mol. The number of H-pyrrole nitrogens is 2. The Bertz CT molecular complexity index is 500. The van der Waals surface area contributed by atoms with Crippen LogP contribution in [0.3, 0.4) is 0 Å². The fourth-order valence-electron chi connectivity index (χ4n) is 1.24. The number of amides is 1. The predicted octanol–water partition coefficient (Wildman–Crippen LogP) is -0.0753. The van der Waals surface area contributed by atoms with Crippen LogP contribution in [0.4, 0.5) is 11.8 Å². The number of aromatic nitrogens is 5. The third-order valence-electron chi connectivity index (χ3n) is 2.06. The van der Waals surface area contributed by atoms with E-state index in [1.807, 2.05) is 6.92 Å². The molecular formula is C8H11N7O. The Morgan fingerprint density at radius 2 is 2.38 bits per heavy atom. The van der Waals surface area contributed by atoms with Crippen molar-refractivity contribution in [1.29, 1.82) is 0 Å². The van der Waals surface area contributed by atoms with Crippen molar-refractivity contribution in [3.8, 4) is 0 Å². The number of nitrogens with one attached hydrogen (secondary N) is 3. The molecule has 0 fully saturated rings. The molecule has 8 heteroatoms. The number of nitrogens with two attached hydrogens (primary N) is 1. The minimum atomic E-state index is -0.414. The van der Waals surface area contributed by atoms with Gasteiger partial charge < -0.3 is 11.1 Å². The molecule has 0 unspecified atom stereocenters. The van der Waals surface area contributed by atoms with E-state index in [0.717, 1.165) is 12.0 Å². The van der Waals surface area contributed by atoms with Crippen LogP contribution in [0.2, 0.25) is 0 Å². The summed E-state index contributed by atoms with van der Waals surface area (Å²) in [7, 11) is 0. The summed E-state index contributed by atoms with van der Waals surface area (Å²) in [5.41, 5.74) is 6.21. The first-order valence-electron chi connectivity index (χ1n) is 4.72. The van der Waals surface area contributed by atoms with E-state index in [2.05, 4.69) is 30.7 Å². The molecule has 0 spiro atoms. The van der Waals surface area contributed by atoms with Gasteiger partial charge in [-0.2, -0.15) is 10.1 Å². The van der Waals surface area contributed by atoms with Gasteiger partial charge in [0, 0.05) is 5.56 Å². The predicted molar refractivity (Wildman–Crippen MR) is 56.7 cm³/mol. The van der Waals surface area contributed by atoms with Crippen LogP contribution in [-0.2, 0) is 6.42 Å². The quantitative estimate of drug-likeness (QED) is 0.577. The Morgan fingerprint density at radius 1 is 1.56 bits per heavy atom. The largest absolute Gasteiger partial charge is 0.366 e. The third-order valence-corrected chi connectivity index (χ3v) is 2.06. The molecule has 0 aliphatic heterocycles. The minimum absolute atomic E-state index is 0.0328. The van der Waals surface area contributed by atoms with E-state index >= 15 is 0 Å². The molecule has 0 atom stereocenters. The highest BCUT2D eigenvalue weighted by Gasteiger charge is 2.13. The zero-order valence-corrected chi connectivity index (χ0v) is 8.61. The summed E-state index contributed by atoms with van der Waals surface area (Å²) in [4.78, 5) is 15.4. The second kappa shape index (κ2) is 4.01. The van der Waals surface area contributed by atoms with Crippen LogP contribution in [0.15, 0.2) is 6.20 Å². The summed E-state index contributed by atoms with van der Waals surface area (Å²) in [6, 6.07) is 0. The molecule has 16 heavy (non-hydrogen) atoms. The normalized spacial score (nSPS) is 10.3. The zero-order valence-electron chi connectivity index (χ0n) is 8.61. The van der Waals surface area contributed by atoms with E-state index in [0.29, 0.717) is 5.82 Å². The molecule has 2 aromatic rings. The summed E-state index contributed by atoms with van der Waals surface area (Å²) in [5, 5.41) is 15.1. The first-order valence-corrected chi connectivity index (χ1v) is 4.72. The van der Waals surface area contributed by atoms with Crippen molar-refractivity contribution in [3.63, 3.8) is 0 Å². The number of nitrogens with zero attached hydrogens (tertiary/aromatic N) is 3. The molecule has 2 aromatic heterocycles. The lowest BCUT2D eigenvalue weighted by atomic mass is 10.2. The average molecular weight is 221 g/mol. The lowest BCUT2D eigenvalue weighted by Gasteiger charge is -2.01. The highest BCUT2D eigenvalue weighted by atomic mass is 16.2. The zero-order chi connectivity index (χ0) is 11.5. The minimum Gasteiger partial charge on any atom is -0.366 e. The number of carbonyl (C=O) groups excluding carboxylic acids is 1. The summed E-state index contributed by atoms with van der Waals surface area (Å²) in [5.74, 6) is 0.241. The van der Waals surface area contributed by atoms with Gasteiger partial charge in [-0.15, -0.1) is 5.10 Å². The number of hydrogen-bond acceptors (Lipinski definition) is 5. The van der Waals surface area contributed by atoms with Crippen molar-refractivity contribution in [2.45, 2.75) is 13.3 Å². The van der Waals surface area contributed by atoms with Crippen LogP contribution in [0.5, 0.6) is 0 Å². The molecule has 84 valence electrons. The van der Waals surface area contributed by atoms with Gasteiger partial charge in [-0.05, 0) is 6.42 Å². The maximum absolute atomic E-state index is 11.6. The van der Waals surface area contributed by atoms with Gasteiger partial charge in [0.05, 0.1) is 6.20 Å². The Balaban J connectivity index is 2.13.